The molecule has 0 amide bonds. The first-order chi connectivity index (χ1) is 26.4. The molecule has 9 aromatic rings. The summed E-state index contributed by atoms with van der Waals surface area (Å²) in [6.07, 6.45) is 0.905. The van der Waals surface area contributed by atoms with Crippen LogP contribution in [0.1, 0.15) is 18.0 Å². The minimum atomic E-state index is -0.395. The molecule has 1 aliphatic rings. The fraction of sp³-hybridized carbons (Fsp3) is 0.0204. The summed E-state index contributed by atoms with van der Waals surface area (Å²) in [6, 6.07) is 51.9. The van der Waals surface area contributed by atoms with Crippen LogP contribution in [-0.2, 0) is 6.42 Å². The van der Waals surface area contributed by atoms with Crippen molar-refractivity contribution >= 4 is 32.3 Å². The predicted molar refractivity (Wildman–Crippen MR) is 209 cm³/mol. The second-order valence-corrected chi connectivity index (χ2v) is 12.8. The molecule has 0 saturated carbocycles. The number of benzene rings is 9. The van der Waals surface area contributed by atoms with Crippen molar-refractivity contribution in [3.63, 3.8) is 0 Å². The van der Waals surface area contributed by atoms with Crippen molar-refractivity contribution in [3.8, 4) is 55.6 Å². The maximum Gasteiger partial charge on any atom is 0.0629 e. The summed E-state index contributed by atoms with van der Waals surface area (Å²) in [7, 11) is 0. The molecule has 0 bridgehead atoms. The first-order valence-electron chi connectivity index (χ1n) is 19.2. The summed E-state index contributed by atoms with van der Waals surface area (Å²) in [5, 5.41) is 5.84. The van der Waals surface area contributed by atoms with Crippen LogP contribution in [0.25, 0.3) is 88.0 Å². The molecule has 0 aliphatic heterocycles. The molecule has 0 radical (unpaired) electrons. The molecule has 228 valence electrons. The van der Waals surface area contributed by atoms with E-state index in [-0.39, 0.29) is 29.7 Å². The van der Waals surface area contributed by atoms with Crippen molar-refractivity contribution in [1.82, 2.24) is 0 Å². The first-order valence-corrected chi connectivity index (χ1v) is 16.7. The van der Waals surface area contributed by atoms with Crippen LogP contribution in [0, 0.1) is 0 Å². The molecule has 9 aromatic carbocycles. The zero-order valence-corrected chi connectivity index (χ0v) is 26.6. The molecule has 0 heteroatoms. The fourth-order valence-corrected chi connectivity index (χ4v) is 8.16. The average Bonchev–Trinajstić information content (AvgIpc) is 3.61. The van der Waals surface area contributed by atoms with Gasteiger partial charge in [0.1, 0.15) is 0 Å². The largest absolute Gasteiger partial charge is 0.0629 e. The predicted octanol–water partition coefficient (Wildman–Crippen LogP) is 13.4. The van der Waals surface area contributed by atoms with E-state index in [9.17, 15) is 0 Å². The SMILES string of the molecule is [2H]c1c([2H])c([2H])c(-c2c3ccccc3c(-c3ccc(-c4c(-c5ccccc5)ccc5c4-c4ccccc4C5)c4ccccc34)c3ccccc23)c([2H])c1[2H]. The Kier molecular flexibility index (Phi) is 5.28. The van der Waals surface area contributed by atoms with Crippen molar-refractivity contribution in [2.75, 3.05) is 0 Å². The third kappa shape index (κ3) is 4.31. The van der Waals surface area contributed by atoms with Gasteiger partial charge in [0.25, 0.3) is 0 Å². The van der Waals surface area contributed by atoms with E-state index in [1.165, 1.54) is 44.5 Å². The van der Waals surface area contributed by atoms with Crippen LogP contribution in [0.5, 0.6) is 0 Å². The molecule has 0 N–H and O–H groups in total. The molecule has 0 nitrogen and oxygen atoms in total. The molecule has 10 rings (SSSR count). The van der Waals surface area contributed by atoms with Crippen molar-refractivity contribution in [1.29, 1.82) is 0 Å². The van der Waals surface area contributed by atoms with E-state index >= 15 is 0 Å². The Labute approximate surface area is 293 Å². The van der Waals surface area contributed by atoms with E-state index in [0.717, 1.165) is 49.9 Å². The van der Waals surface area contributed by atoms with E-state index in [4.69, 9.17) is 6.85 Å². The topological polar surface area (TPSA) is 0 Å². The van der Waals surface area contributed by atoms with Crippen LogP contribution < -0.4 is 0 Å². The summed E-state index contributed by atoms with van der Waals surface area (Å²) in [5.41, 5.74) is 13.0. The molecule has 0 aromatic heterocycles. The Morgan fingerprint density at radius 3 is 1.47 bits per heavy atom. The van der Waals surface area contributed by atoms with Gasteiger partial charge in [-0.2, -0.15) is 0 Å². The van der Waals surface area contributed by atoms with Crippen molar-refractivity contribution in [2.24, 2.45) is 0 Å². The molecular formula is C49H32. The summed E-state index contributed by atoms with van der Waals surface area (Å²) in [5.74, 6) is 0. The third-order valence-corrected chi connectivity index (χ3v) is 10.2. The molecule has 0 unspecified atom stereocenters. The van der Waals surface area contributed by atoms with Crippen molar-refractivity contribution < 1.29 is 6.85 Å². The fourth-order valence-electron chi connectivity index (χ4n) is 8.16. The molecule has 0 fully saturated rings. The Morgan fingerprint density at radius 2 is 0.816 bits per heavy atom. The minimum absolute atomic E-state index is 0.204. The van der Waals surface area contributed by atoms with Gasteiger partial charge in [0.05, 0.1) is 6.85 Å². The summed E-state index contributed by atoms with van der Waals surface area (Å²) in [4.78, 5) is 0. The second-order valence-electron chi connectivity index (χ2n) is 12.8. The van der Waals surface area contributed by atoms with Gasteiger partial charge in [-0.15, -0.1) is 0 Å². The van der Waals surface area contributed by atoms with Crippen molar-refractivity contribution in [2.45, 2.75) is 6.42 Å². The Hall–Kier alpha value is -6.24. The number of hydrogen-bond donors (Lipinski definition) is 0. The molecule has 0 saturated heterocycles. The molecule has 0 heterocycles. The lowest BCUT2D eigenvalue weighted by atomic mass is 9.82. The van der Waals surface area contributed by atoms with Gasteiger partial charge in [-0.25, -0.2) is 0 Å². The molecule has 0 atom stereocenters. The second kappa shape index (κ2) is 11.2. The Morgan fingerprint density at radius 1 is 0.306 bits per heavy atom. The van der Waals surface area contributed by atoms with E-state index < -0.39 is 6.04 Å². The van der Waals surface area contributed by atoms with Crippen LogP contribution in [0.3, 0.4) is 0 Å². The standard InChI is InChI=1S/C49H32/c1-3-15-32(16-4-1)37-28-27-35-31-34-19-7-8-20-36(34)47(35)49(37)45-30-29-44(38-21-9-10-22-39(38)45)48-42-25-13-11-23-40(42)46(33-17-5-2-6-18-33)41-24-12-14-26-43(41)48/h1-30H,31H2/i2D,5D,6D,17D,18D. The highest BCUT2D eigenvalue weighted by atomic mass is 14.3. The van der Waals surface area contributed by atoms with Crippen LogP contribution in [0.2, 0.25) is 0 Å². The number of hydrogen-bond acceptors (Lipinski definition) is 0. The highest BCUT2D eigenvalue weighted by molar-refractivity contribution is 6.24. The van der Waals surface area contributed by atoms with Crippen molar-refractivity contribution in [3.05, 3.63) is 193 Å². The van der Waals surface area contributed by atoms with Gasteiger partial charge in [-0.3, -0.25) is 0 Å². The van der Waals surface area contributed by atoms with Crippen LogP contribution >= 0.6 is 0 Å². The highest BCUT2D eigenvalue weighted by Gasteiger charge is 2.26. The van der Waals surface area contributed by atoms with Crippen LogP contribution in [0.4, 0.5) is 0 Å². The summed E-state index contributed by atoms with van der Waals surface area (Å²) in [6.45, 7) is 0. The lowest BCUT2D eigenvalue weighted by Gasteiger charge is -2.21. The molecular weight excluding hydrogens is 589 g/mol. The highest BCUT2D eigenvalue weighted by Crippen LogP contribution is 2.51. The molecule has 0 spiro atoms. The zero-order valence-electron chi connectivity index (χ0n) is 31.6. The maximum atomic E-state index is 8.96. The quantitative estimate of drug-likeness (QED) is 0.171. The lowest BCUT2D eigenvalue weighted by Crippen LogP contribution is -1.95. The van der Waals surface area contributed by atoms with E-state index in [1.807, 2.05) is 36.4 Å². The lowest BCUT2D eigenvalue weighted by molar-refractivity contribution is 1.26. The average molecular weight is 626 g/mol. The van der Waals surface area contributed by atoms with Gasteiger partial charge in [0.15, 0.2) is 0 Å². The van der Waals surface area contributed by atoms with Gasteiger partial charge in [0, 0.05) is 0 Å². The van der Waals surface area contributed by atoms with Gasteiger partial charge < -0.3 is 0 Å². The minimum Gasteiger partial charge on any atom is -0.0622 e. The Bertz CT molecular complexity index is 2930. The first kappa shape index (κ1) is 23.1. The van der Waals surface area contributed by atoms with Gasteiger partial charge in [-0.1, -0.05) is 182 Å². The molecule has 1 aliphatic carbocycles. The van der Waals surface area contributed by atoms with Gasteiger partial charge >= 0.3 is 0 Å². The van der Waals surface area contributed by atoms with E-state index in [2.05, 4.69) is 115 Å². The van der Waals surface area contributed by atoms with E-state index in [1.54, 1.807) is 0 Å². The summed E-state index contributed by atoms with van der Waals surface area (Å²) >= 11 is 0. The summed E-state index contributed by atoms with van der Waals surface area (Å²) < 4.78 is 43.2. The maximum absolute atomic E-state index is 8.96. The monoisotopic (exact) mass is 625 g/mol. The normalized spacial score (nSPS) is 13.4. The molecule has 49 heavy (non-hydrogen) atoms. The van der Waals surface area contributed by atoms with Gasteiger partial charge in [-0.05, 0) is 105 Å². The number of fused-ring (bicyclic) bond motifs is 6. The van der Waals surface area contributed by atoms with Crippen LogP contribution in [0.15, 0.2) is 182 Å². The zero-order chi connectivity index (χ0) is 36.7. The van der Waals surface area contributed by atoms with E-state index in [0.29, 0.717) is 5.56 Å². The third-order valence-electron chi connectivity index (χ3n) is 10.2. The van der Waals surface area contributed by atoms with Crippen LogP contribution in [-0.4, -0.2) is 0 Å². The number of rotatable bonds is 4. The smallest absolute Gasteiger partial charge is 0.0622 e. The van der Waals surface area contributed by atoms with Gasteiger partial charge in [0.2, 0.25) is 0 Å². The Balaban J connectivity index is 1.30.